The Morgan fingerprint density at radius 3 is 2.62 bits per heavy atom. The van der Waals surface area contributed by atoms with Crippen molar-refractivity contribution in [1.29, 1.82) is 0 Å². The zero-order valence-corrected chi connectivity index (χ0v) is 16.1. The highest BCUT2D eigenvalue weighted by Gasteiger charge is 2.48. The summed E-state index contributed by atoms with van der Waals surface area (Å²) >= 11 is 0. The fraction of sp³-hybridized carbons (Fsp3) is 0.524. The summed E-state index contributed by atoms with van der Waals surface area (Å²) < 4.78 is 5.28. The van der Waals surface area contributed by atoms with E-state index >= 15 is 0 Å². The summed E-state index contributed by atoms with van der Waals surface area (Å²) in [7, 11) is 0. The average molecular weight is 354 g/mol. The molecule has 2 atom stereocenters. The van der Waals surface area contributed by atoms with Gasteiger partial charge in [-0.1, -0.05) is 19.9 Å². The molecule has 1 aliphatic heterocycles. The molecule has 1 saturated carbocycles. The lowest BCUT2D eigenvalue weighted by atomic mass is 9.64. The molecule has 5 nitrogen and oxygen atoms in total. The minimum absolute atomic E-state index is 0.112. The number of allylic oxidation sites excluding steroid dienone is 1. The number of carbonyl (C=O) groups is 2. The van der Waals surface area contributed by atoms with Gasteiger partial charge in [0.2, 0.25) is 0 Å². The van der Waals surface area contributed by atoms with Crippen molar-refractivity contribution in [2.24, 2.45) is 16.3 Å². The van der Waals surface area contributed by atoms with Crippen LogP contribution in [0.25, 0.3) is 0 Å². The molecule has 5 heteroatoms. The molecule has 138 valence electrons. The highest BCUT2D eigenvalue weighted by atomic mass is 16.5. The van der Waals surface area contributed by atoms with Crippen LogP contribution in [0.5, 0.6) is 0 Å². The number of hydrogen-bond donors (Lipinski definition) is 0. The Kier molecular flexibility index (Phi) is 4.82. The van der Waals surface area contributed by atoms with Crippen LogP contribution in [0.4, 0.5) is 0 Å². The smallest absolute Gasteiger partial charge is 0.336 e. The largest absolute Gasteiger partial charge is 0.463 e. The third kappa shape index (κ3) is 3.35. The van der Waals surface area contributed by atoms with E-state index in [9.17, 15) is 9.59 Å². The van der Waals surface area contributed by atoms with Crippen molar-refractivity contribution in [3.8, 4) is 0 Å². The Morgan fingerprint density at radius 2 is 1.96 bits per heavy atom. The van der Waals surface area contributed by atoms with Gasteiger partial charge in [0, 0.05) is 29.2 Å². The molecule has 0 saturated heterocycles. The second kappa shape index (κ2) is 6.78. The van der Waals surface area contributed by atoms with Crippen molar-refractivity contribution in [3.63, 3.8) is 0 Å². The number of carbonyl (C=O) groups excluding carboxylic acids is 2. The molecule has 1 fully saturated rings. The number of hydrogen-bond acceptors (Lipinski definition) is 5. The number of aromatic nitrogens is 1. The van der Waals surface area contributed by atoms with Crippen LogP contribution in [-0.2, 0) is 14.3 Å². The summed E-state index contributed by atoms with van der Waals surface area (Å²) in [6, 6.07) is 5.71. The first-order valence-electron chi connectivity index (χ1n) is 9.15. The maximum Gasteiger partial charge on any atom is 0.336 e. The van der Waals surface area contributed by atoms with Gasteiger partial charge in [-0.25, -0.2) is 4.79 Å². The van der Waals surface area contributed by atoms with Crippen LogP contribution in [0.1, 0.15) is 57.8 Å². The van der Waals surface area contributed by atoms with Crippen molar-refractivity contribution in [3.05, 3.63) is 40.9 Å². The molecular formula is C21H26N2O3. The van der Waals surface area contributed by atoms with E-state index in [1.165, 1.54) is 0 Å². The molecular weight excluding hydrogens is 328 g/mol. The third-order valence-electron chi connectivity index (χ3n) is 5.09. The normalized spacial score (nSPS) is 24.8. The van der Waals surface area contributed by atoms with E-state index in [-0.39, 0.29) is 17.8 Å². The molecule has 1 aliphatic carbocycles. The molecule has 0 bridgehead atoms. The minimum Gasteiger partial charge on any atom is -0.463 e. The molecule has 1 aromatic heterocycles. The maximum absolute atomic E-state index is 13.1. The number of ether oxygens (including phenoxy) is 1. The number of ketones is 1. The first-order chi connectivity index (χ1) is 12.2. The van der Waals surface area contributed by atoms with Crippen LogP contribution < -0.4 is 0 Å². The van der Waals surface area contributed by atoms with Gasteiger partial charge < -0.3 is 4.74 Å². The fourth-order valence-electron chi connectivity index (χ4n) is 4.12. The molecule has 0 N–H and O–H groups in total. The van der Waals surface area contributed by atoms with Gasteiger partial charge in [-0.2, -0.15) is 0 Å². The molecule has 0 radical (unpaired) electrons. The topological polar surface area (TPSA) is 68.6 Å². The molecule has 0 unspecified atom stereocenters. The fourth-order valence-corrected chi connectivity index (χ4v) is 4.12. The molecule has 0 spiro atoms. The Labute approximate surface area is 154 Å². The van der Waals surface area contributed by atoms with Gasteiger partial charge in [0.05, 0.1) is 24.0 Å². The van der Waals surface area contributed by atoms with Crippen LogP contribution in [-0.4, -0.2) is 29.1 Å². The number of rotatable bonds is 3. The average Bonchev–Trinajstić information content (AvgIpc) is 2.52. The van der Waals surface area contributed by atoms with E-state index in [0.717, 1.165) is 23.5 Å². The summed E-state index contributed by atoms with van der Waals surface area (Å²) in [6.07, 6.45) is 1.23. The second-order valence-electron chi connectivity index (χ2n) is 7.97. The number of esters is 1. The first-order valence-corrected chi connectivity index (χ1v) is 9.15. The van der Waals surface area contributed by atoms with Crippen molar-refractivity contribution in [1.82, 2.24) is 4.98 Å². The molecule has 26 heavy (non-hydrogen) atoms. The van der Waals surface area contributed by atoms with Crippen LogP contribution in [0.2, 0.25) is 0 Å². The predicted molar refractivity (Wildman–Crippen MR) is 100.0 cm³/mol. The SMILES string of the molecule is CCOC(=O)C1=C(C)N=C2CC(C)(C)CC(=O)[C@H]2[C@@H]1c1cccc(C)n1. The molecule has 0 aromatic carbocycles. The lowest BCUT2D eigenvalue weighted by molar-refractivity contribution is -0.139. The predicted octanol–water partition coefficient (Wildman–Crippen LogP) is 3.77. The van der Waals surface area contributed by atoms with Gasteiger partial charge in [0.25, 0.3) is 0 Å². The molecule has 3 rings (SSSR count). The third-order valence-corrected chi connectivity index (χ3v) is 5.09. The lowest BCUT2D eigenvalue weighted by Crippen LogP contribution is -2.44. The maximum atomic E-state index is 13.1. The second-order valence-corrected chi connectivity index (χ2v) is 7.97. The van der Waals surface area contributed by atoms with Gasteiger partial charge in [0.15, 0.2) is 0 Å². The highest BCUT2D eigenvalue weighted by Crippen LogP contribution is 2.46. The molecule has 0 amide bonds. The number of aryl methyl sites for hydroxylation is 1. The number of pyridine rings is 1. The van der Waals surface area contributed by atoms with E-state index in [1.807, 2.05) is 32.0 Å². The highest BCUT2D eigenvalue weighted by molar-refractivity contribution is 6.12. The van der Waals surface area contributed by atoms with Crippen molar-refractivity contribution >= 4 is 17.5 Å². The number of aliphatic imine (C=N–C) groups is 1. The van der Waals surface area contributed by atoms with Crippen molar-refractivity contribution in [2.75, 3.05) is 6.61 Å². The zero-order chi connectivity index (χ0) is 19.1. The minimum atomic E-state index is -0.430. The van der Waals surface area contributed by atoms with Crippen molar-refractivity contribution in [2.45, 2.75) is 53.4 Å². The quantitative estimate of drug-likeness (QED) is 0.775. The van der Waals surface area contributed by atoms with E-state index in [0.29, 0.717) is 17.7 Å². The number of nitrogens with zero attached hydrogens (tertiary/aromatic N) is 2. The number of Topliss-reactive ketones (excluding diaryl/α,β-unsaturated/α-hetero) is 1. The Bertz CT molecular complexity index is 820. The van der Waals surface area contributed by atoms with E-state index in [2.05, 4.69) is 23.8 Å². The van der Waals surface area contributed by atoms with Crippen molar-refractivity contribution < 1.29 is 14.3 Å². The van der Waals surface area contributed by atoms with E-state index in [4.69, 9.17) is 4.74 Å². The van der Waals surface area contributed by atoms with Gasteiger partial charge in [0.1, 0.15) is 5.78 Å². The van der Waals surface area contributed by atoms with Crippen LogP contribution >= 0.6 is 0 Å². The van der Waals surface area contributed by atoms with Gasteiger partial charge >= 0.3 is 5.97 Å². The van der Waals surface area contributed by atoms with Gasteiger partial charge in [-0.05, 0) is 44.7 Å². The van der Waals surface area contributed by atoms with Crippen LogP contribution in [0.3, 0.4) is 0 Å². The summed E-state index contributed by atoms with van der Waals surface area (Å²) in [6.45, 7) is 9.97. The van der Waals surface area contributed by atoms with Crippen LogP contribution in [0.15, 0.2) is 34.5 Å². The standard InChI is InChI=1S/C21H26N2O3/c1-6-26-20(25)17-13(3)23-15-10-21(4,5)11-16(24)18(15)19(17)14-9-7-8-12(2)22-14/h7-9,18-19H,6,10-11H2,1-5H3/t18-,19+/m0/s1. The lowest BCUT2D eigenvalue weighted by Gasteiger charge is -2.40. The molecule has 2 aliphatic rings. The van der Waals surface area contributed by atoms with Gasteiger partial charge in [-0.3, -0.25) is 14.8 Å². The Hall–Kier alpha value is -2.30. The van der Waals surface area contributed by atoms with Crippen LogP contribution in [0, 0.1) is 18.3 Å². The monoisotopic (exact) mass is 354 g/mol. The van der Waals surface area contributed by atoms with Gasteiger partial charge in [-0.15, -0.1) is 0 Å². The first kappa shape index (κ1) is 18.5. The summed E-state index contributed by atoms with van der Waals surface area (Å²) in [5.41, 5.74) is 3.44. The molecule has 1 aromatic rings. The number of fused-ring (bicyclic) bond motifs is 1. The summed E-state index contributed by atoms with van der Waals surface area (Å²) in [5.74, 6) is -1.13. The zero-order valence-electron chi connectivity index (χ0n) is 16.1. The Morgan fingerprint density at radius 1 is 1.23 bits per heavy atom. The Balaban J connectivity index is 2.17. The van der Waals surface area contributed by atoms with E-state index < -0.39 is 17.8 Å². The molecule has 2 heterocycles. The summed E-state index contributed by atoms with van der Waals surface area (Å²) in [5, 5.41) is 0. The summed E-state index contributed by atoms with van der Waals surface area (Å²) in [4.78, 5) is 35.1. The van der Waals surface area contributed by atoms with E-state index in [1.54, 1.807) is 6.92 Å².